The number of carbonyl (C=O) groups excluding carboxylic acids is 1. The van der Waals surface area contributed by atoms with Crippen LogP contribution in [-0.2, 0) is 4.79 Å². The zero-order valence-electron chi connectivity index (χ0n) is 11.6. The Bertz CT molecular complexity index is 493. The second kappa shape index (κ2) is 7.53. The van der Waals surface area contributed by atoms with Crippen molar-refractivity contribution in [3.63, 3.8) is 0 Å². The van der Waals surface area contributed by atoms with Crippen LogP contribution in [0.1, 0.15) is 12.8 Å². The number of hydrogen-bond acceptors (Lipinski definition) is 3. The molecule has 1 aromatic rings. The molecule has 0 spiro atoms. The van der Waals surface area contributed by atoms with Crippen molar-refractivity contribution in [3.8, 4) is 5.75 Å². The molecular weight excluding hydrogens is 353 g/mol. The molecule has 21 heavy (non-hydrogen) atoms. The lowest BCUT2D eigenvalue weighted by atomic mass is 10.2. The summed E-state index contributed by atoms with van der Waals surface area (Å²) in [5, 5.41) is 2.84. The third-order valence-corrected chi connectivity index (χ3v) is 3.04. The molecule has 0 bridgehead atoms. The van der Waals surface area contributed by atoms with Gasteiger partial charge in [0.25, 0.3) is 0 Å². The van der Waals surface area contributed by atoms with Gasteiger partial charge in [0, 0.05) is 31.5 Å². The highest BCUT2D eigenvalue weighted by atomic mass is 79.9. The lowest BCUT2D eigenvalue weighted by Gasteiger charge is -2.15. The summed E-state index contributed by atoms with van der Waals surface area (Å²) in [6, 6.07) is 4.33. The molecule has 8 heteroatoms. The molecule has 0 saturated carbocycles. The molecule has 0 aromatic heterocycles. The molecule has 0 radical (unpaired) electrons. The SMILES string of the molecule is CN(C)C(=O)CCCNc1ccc(Br)cc1OC(F)(F)F. The summed E-state index contributed by atoms with van der Waals surface area (Å²) in [7, 11) is 3.31. The van der Waals surface area contributed by atoms with Crippen LogP contribution >= 0.6 is 15.9 Å². The van der Waals surface area contributed by atoms with Gasteiger partial charge in [-0.05, 0) is 24.6 Å². The molecule has 0 aliphatic heterocycles. The van der Waals surface area contributed by atoms with Crippen molar-refractivity contribution in [2.24, 2.45) is 0 Å². The van der Waals surface area contributed by atoms with Crippen LogP contribution in [0.3, 0.4) is 0 Å². The number of rotatable bonds is 6. The third kappa shape index (κ3) is 6.70. The zero-order chi connectivity index (χ0) is 16.0. The van der Waals surface area contributed by atoms with Crippen molar-refractivity contribution in [2.75, 3.05) is 26.0 Å². The molecule has 1 aromatic carbocycles. The predicted molar refractivity (Wildman–Crippen MR) is 77.2 cm³/mol. The van der Waals surface area contributed by atoms with Gasteiger partial charge in [-0.1, -0.05) is 15.9 Å². The van der Waals surface area contributed by atoms with Gasteiger partial charge in [-0.15, -0.1) is 13.2 Å². The Hall–Kier alpha value is -1.44. The topological polar surface area (TPSA) is 41.6 Å². The second-order valence-corrected chi connectivity index (χ2v) is 5.42. The van der Waals surface area contributed by atoms with E-state index in [1.165, 1.54) is 17.0 Å². The molecule has 0 saturated heterocycles. The molecule has 1 rings (SSSR count). The second-order valence-electron chi connectivity index (χ2n) is 4.51. The van der Waals surface area contributed by atoms with Gasteiger partial charge in [-0.3, -0.25) is 4.79 Å². The van der Waals surface area contributed by atoms with Crippen molar-refractivity contribution in [3.05, 3.63) is 22.7 Å². The molecule has 0 unspecified atom stereocenters. The fourth-order valence-electron chi connectivity index (χ4n) is 1.54. The number of hydrogen-bond donors (Lipinski definition) is 1. The van der Waals surface area contributed by atoms with Gasteiger partial charge in [-0.2, -0.15) is 0 Å². The van der Waals surface area contributed by atoms with E-state index in [4.69, 9.17) is 0 Å². The first kappa shape index (κ1) is 17.6. The Morgan fingerprint density at radius 3 is 2.62 bits per heavy atom. The maximum absolute atomic E-state index is 12.3. The van der Waals surface area contributed by atoms with E-state index in [2.05, 4.69) is 26.0 Å². The van der Waals surface area contributed by atoms with Gasteiger partial charge < -0.3 is 15.0 Å². The van der Waals surface area contributed by atoms with E-state index in [1.807, 2.05) is 0 Å². The lowest BCUT2D eigenvalue weighted by molar-refractivity contribution is -0.274. The van der Waals surface area contributed by atoms with Gasteiger partial charge in [0.15, 0.2) is 5.75 Å². The molecule has 0 aliphatic carbocycles. The van der Waals surface area contributed by atoms with Crippen molar-refractivity contribution in [1.82, 2.24) is 4.90 Å². The minimum atomic E-state index is -4.75. The maximum Gasteiger partial charge on any atom is 0.573 e. The number of alkyl halides is 3. The smallest absolute Gasteiger partial charge is 0.404 e. The molecule has 0 fully saturated rings. The first-order chi connectivity index (χ1) is 9.69. The van der Waals surface area contributed by atoms with E-state index in [0.29, 0.717) is 23.9 Å². The fourth-order valence-corrected chi connectivity index (χ4v) is 1.88. The summed E-state index contributed by atoms with van der Waals surface area (Å²) >= 11 is 3.10. The fraction of sp³-hybridized carbons (Fsp3) is 0.462. The van der Waals surface area contributed by atoms with E-state index < -0.39 is 6.36 Å². The molecule has 0 atom stereocenters. The van der Waals surface area contributed by atoms with Gasteiger partial charge in [0.1, 0.15) is 0 Å². The molecule has 118 valence electrons. The van der Waals surface area contributed by atoms with Crippen LogP contribution in [0, 0.1) is 0 Å². The average Bonchev–Trinajstić information content (AvgIpc) is 2.34. The summed E-state index contributed by atoms with van der Waals surface area (Å²) < 4.78 is 41.4. The Balaban J connectivity index is 2.60. The van der Waals surface area contributed by atoms with Crippen LogP contribution in [0.2, 0.25) is 0 Å². The molecule has 0 aliphatic rings. The molecular formula is C13H16BrF3N2O2. The van der Waals surface area contributed by atoms with E-state index in [1.54, 1.807) is 20.2 Å². The standard InChI is InChI=1S/C13H16BrF3N2O2/c1-19(2)12(20)4-3-7-18-10-6-5-9(14)8-11(10)21-13(15,16)17/h5-6,8,18H,3-4,7H2,1-2H3. The Kier molecular flexibility index (Phi) is 6.32. The number of halogens is 4. The third-order valence-electron chi connectivity index (χ3n) is 2.55. The number of benzene rings is 1. The summed E-state index contributed by atoms with van der Waals surface area (Å²) in [5.74, 6) is -0.338. The average molecular weight is 369 g/mol. The Morgan fingerprint density at radius 1 is 1.38 bits per heavy atom. The molecule has 1 N–H and O–H groups in total. The minimum absolute atomic E-state index is 0.0284. The van der Waals surface area contributed by atoms with Crippen LogP contribution < -0.4 is 10.1 Å². The van der Waals surface area contributed by atoms with Gasteiger partial charge in [-0.25, -0.2) is 0 Å². The quantitative estimate of drug-likeness (QED) is 0.779. The number of ether oxygens (including phenoxy) is 1. The monoisotopic (exact) mass is 368 g/mol. The molecule has 1 amide bonds. The predicted octanol–water partition coefficient (Wildman–Crippen LogP) is 3.63. The number of nitrogens with zero attached hydrogens (tertiary/aromatic N) is 1. The summed E-state index contributed by atoms with van der Waals surface area (Å²) in [6.07, 6.45) is -3.91. The Labute approximate surface area is 129 Å². The van der Waals surface area contributed by atoms with Crippen molar-refractivity contribution >= 4 is 27.5 Å². The van der Waals surface area contributed by atoms with E-state index in [9.17, 15) is 18.0 Å². The van der Waals surface area contributed by atoms with Gasteiger partial charge in [0.05, 0.1) is 5.69 Å². The maximum atomic E-state index is 12.3. The highest BCUT2D eigenvalue weighted by Gasteiger charge is 2.32. The minimum Gasteiger partial charge on any atom is -0.404 e. The van der Waals surface area contributed by atoms with Crippen LogP contribution in [0.4, 0.5) is 18.9 Å². The highest BCUT2D eigenvalue weighted by molar-refractivity contribution is 9.10. The normalized spacial score (nSPS) is 11.1. The van der Waals surface area contributed by atoms with Crippen LogP contribution in [0.25, 0.3) is 0 Å². The Morgan fingerprint density at radius 2 is 2.05 bits per heavy atom. The first-order valence-corrected chi connectivity index (χ1v) is 6.97. The van der Waals surface area contributed by atoms with E-state index in [-0.39, 0.29) is 17.3 Å². The zero-order valence-corrected chi connectivity index (χ0v) is 13.2. The highest BCUT2D eigenvalue weighted by Crippen LogP contribution is 2.32. The van der Waals surface area contributed by atoms with Crippen molar-refractivity contribution in [2.45, 2.75) is 19.2 Å². The van der Waals surface area contributed by atoms with Gasteiger partial charge in [0.2, 0.25) is 5.91 Å². The number of amides is 1. The van der Waals surface area contributed by atoms with Crippen LogP contribution in [-0.4, -0.2) is 37.8 Å². The van der Waals surface area contributed by atoms with Gasteiger partial charge >= 0.3 is 6.36 Å². The van der Waals surface area contributed by atoms with E-state index >= 15 is 0 Å². The van der Waals surface area contributed by atoms with E-state index in [0.717, 1.165) is 0 Å². The molecule has 4 nitrogen and oxygen atoms in total. The van der Waals surface area contributed by atoms with Crippen molar-refractivity contribution in [1.29, 1.82) is 0 Å². The van der Waals surface area contributed by atoms with Crippen LogP contribution in [0.15, 0.2) is 22.7 Å². The van der Waals surface area contributed by atoms with Crippen molar-refractivity contribution < 1.29 is 22.7 Å². The number of carbonyl (C=O) groups is 1. The number of nitrogens with one attached hydrogen (secondary N) is 1. The molecule has 0 heterocycles. The summed E-state index contributed by atoms with van der Waals surface area (Å²) in [4.78, 5) is 12.8. The summed E-state index contributed by atoms with van der Waals surface area (Å²) in [5.41, 5.74) is 0.229. The lowest BCUT2D eigenvalue weighted by Crippen LogP contribution is -2.22. The largest absolute Gasteiger partial charge is 0.573 e. The number of anilines is 1. The summed E-state index contributed by atoms with van der Waals surface area (Å²) in [6.45, 7) is 0.370. The first-order valence-electron chi connectivity index (χ1n) is 6.18. The van der Waals surface area contributed by atoms with Crippen LogP contribution in [0.5, 0.6) is 5.75 Å².